The van der Waals surface area contributed by atoms with E-state index in [4.69, 9.17) is 27.9 Å². The first kappa shape index (κ1) is 16.9. The Morgan fingerprint density at radius 3 is 2.24 bits per heavy atom. The quantitative estimate of drug-likeness (QED) is 0.556. The van der Waals surface area contributed by atoms with Gasteiger partial charge in [0.25, 0.3) is 0 Å². The Morgan fingerprint density at radius 2 is 1.71 bits per heavy atom. The number of nitrogens with one attached hydrogen (secondary N) is 1. The number of rotatable bonds is 4. The van der Waals surface area contributed by atoms with Gasteiger partial charge < -0.3 is 10.1 Å². The normalized spacial score (nSPS) is 12.1. The number of ether oxygens (including phenoxy) is 1. The van der Waals surface area contributed by atoms with Gasteiger partial charge in [-0.1, -0.05) is 45.2 Å². The minimum atomic E-state index is 0.0448. The maximum absolute atomic E-state index is 6.24. The van der Waals surface area contributed by atoms with Gasteiger partial charge in [-0.15, -0.1) is 0 Å². The lowest BCUT2D eigenvalue weighted by atomic mass is 10.1. The van der Waals surface area contributed by atoms with Crippen LogP contribution in [-0.2, 0) is 0 Å². The van der Waals surface area contributed by atoms with E-state index < -0.39 is 0 Å². The van der Waals surface area contributed by atoms with Gasteiger partial charge in [0.2, 0.25) is 0 Å². The molecule has 2 rings (SSSR count). The highest BCUT2D eigenvalue weighted by Gasteiger charge is 2.13. The van der Waals surface area contributed by atoms with Crippen LogP contribution in [-0.4, -0.2) is 7.11 Å². The number of hydrogen-bond donors (Lipinski definition) is 1. The molecule has 0 bridgehead atoms. The Morgan fingerprint density at radius 1 is 1.10 bits per heavy atom. The van der Waals surface area contributed by atoms with Gasteiger partial charge in [-0.05, 0) is 52.7 Å². The highest BCUT2D eigenvalue weighted by Crippen LogP contribution is 2.36. The van der Waals surface area contributed by atoms with Crippen LogP contribution in [0.3, 0.4) is 0 Å². The third kappa shape index (κ3) is 4.07. The molecular weight excluding hydrogens is 441 g/mol. The molecule has 2 nitrogen and oxygen atoms in total. The zero-order valence-corrected chi connectivity index (χ0v) is 16.1. The van der Waals surface area contributed by atoms with Gasteiger partial charge in [0.1, 0.15) is 5.75 Å². The van der Waals surface area contributed by atoms with Crippen molar-refractivity contribution in [3.8, 4) is 5.75 Å². The molecule has 0 heterocycles. The molecule has 0 aromatic heterocycles. The van der Waals surface area contributed by atoms with Gasteiger partial charge in [0, 0.05) is 10.5 Å². The highest BCUT2D eigenvalue weighted by molar-refractivity contribution is 9.10. The van der Waals surface area contributed by atoms with E-state index >= 15 is 0 Å². The van der Waals surface area contributed by atoms with Crippen LogP contribution in [0, 0.1) is 0 Å². The topological polar surface area (TPSA) is 21.3 Å². The van der Waals surface area contributed by atoms with Crippen LogP contribution in [0.15, 0.2) is 39.3 Å². The molecule has 0 amide bonds. The lowest BCUT2D eigenvalue weighted by Crippen LogP contribution is -2.07. The molecule has 112 valence electrons. The molecule has 0 aliphatic rings. The summed E-state index contributed by atoms with van der Waals surface area (Å²) in [4.78, 5) is 0. The molecule has 1 atom stereocenters. The van der Waals surface area contributed by atoms with E-state index in [0.717, 1.165) is 25.9 Å². The van der Waals surface area contributed by atoms with Gasteiger partial charge in [-0.25, -0.2) is 0 Å². The van der Waals surface area contributed by atoms with Crippen molar-refractivity contribution in [1.29, 1.82) is 0 Å². The van der Waals surface area contributed by atoms with Crippen molar-refractivity contribution in [3.05, 3.63) is 54.9 Å². The SMILES string of the molecule is COc1ccc(C(C)Nc2c(Cl)cc(Br)cc2Cl)cc1Br. The molecule has 21 heavy (non-hydrogen) atoms. The van der Waals surface area contributed by atoms with Crippen LogP contribution in [0.2, 0.25) is 10.0 Å². The number of benzene rings is 2. The lowest BCUT2D eigenvalue weighted by Gasteiger charge is -2.19. The van der Waals surface area contributed by atoms with E-state index in [1.807, 2.05) is 37.3 Å². The Labute approximate surface area is 151 Å². The standard InChI is InChI=1S/C15H13Br2Cl2NO/c1-8(9-3-4-14(21-2)11(17)5-9)20-15-12(18)6-10(16)7-13(15)19/h3-8,20H,1-2H3. The van der Waals surface area contributed by atoms with Crippen molar-refractivity contribution < 1.29 is 4.74 Å². The fourth-order valence-electron chi connectivity index (χ4n) is 1.93. The Balaban J connectivity index is 2.26. The second-order valence-electron chi connectivity index (χ2n) is 4.50. The number of hydrogen-bond acceptors (Lipinski definition) is 2. The predicted octanol–water partition coefficient (Wildman–Crippen LogP) is 6.70. The van der Waals surface area contributed by atoms with Crippen LogP contribution < -0.4 is 10.1 Å². The van der Waals surface area contributed by atoms with Gasteiger partial charge in [-0.3, -0.25) is 0 Å². The van der Waals surface area contributed by atoms with Gasteiger partial charge in [0.15, 0.2) is 0 Å². The zero-order valence-electron chi connectivity index (χ0n) is 11.4. The minimum Gasteiger partial charge on any atom is -0.496 e. The minimum absolute atomic E-state index is 0.0448. The van der Waals surface area contributed by atoms with E-state index in [-0.39, 0.29) is 6.04 Å². The smallest absolute Gasteiger partial charge is 0.133 e. The van der Waals surface area contributed by atoms with Crippen molar-refractivity contribution in [3.63, 3.8) is 0 Å². The first-order chi connectivity index (χ1) is 9.92. The van der Waals surface area contributed by atoms with Gasteiger partial charge in [0.05, 0.1) is 27.3 Å². The number of anilines is 1. The summed E-state index contributed by atoms with van der Waals surface area (Å²) in [7, 11) is 1.64. The summed E-state index contributed by atoms with van der Waals surface area (Å²) in [5.74, 6) is 0.797. The number of methoxy groups -OCH3 is 1. The van der Waals surface area contributed by atoms with Crippen LogP contribution in [0.4, 0.5) is 5.69 Å². The molecule has 2 aromatic carbocycles. The summed E-state index contributed by atoms with van der Waals surface area (Å²) >= 11 is 19.3. The molecule has 0 aliphatic heterocycles. The van der Waals surface area contributed by atoms with Crippen molar-refractivity contribution in [2.75, 3.05) is 12.4 Å². The molecule has 0 fully saturated rings. The van der Waals surface area contributed by atoms with Crippen LogP contribution >= 0.6 is 55.1 Å². The van der Waals surface area contributed by atoms with Crippen molar-refractivity contribution in [2.45, 2.75) is 13.0 Å². The average molecular weight is 454 g/mol. The molecule has 0 saturated heterocycles. The number of halogens is 4. The first-order valence-electron chi connectivity index (χ1n) is 6.17. The average Bonchev–Trinajstić information content (AvgIpc) is 2.42. The summed E-state index contributed by atoms with van der Waals surface area (Å²) < 4.78 is 6.99. The summed E-state index contributed by atoms with van der Waals surface area (Å²) in [6, 6.07) is 9.60. The molecule has 1 unspecified atom stereocenters. The molecule has 0 saturated carbocycles. The van der Waals surface area contributed by atoms with Crippen LogP contribution in [0.5, 0.6) is 5.75 Å². The molecule has 2 aromatic rings. The van der Waals surface area contributed by atoms with E-state index in [2.05, 4.69) is 37.2 Å². The summed E-state index contributed by atoms with van der Waals surface area (Å²) in [6.45, 7) is 2.04. The maximum atomic E-state index is 6.24. The largest absolute Gasteiger partial charge is 0.496 e. The fraction of sp³-hybridized carbons (Fsp3) is 0.200. The fourth-order valence-corrected chi connectivity index (χ4v) is 3.81. The molecular formula is C15H13Br2Cl2NO. The second-order valence-corrected chi connectivity index (χ2v) is 7.09. The van der Waals surface area contributed by atoms with Gasteiger partial charge >= 0.3 is 0 Å². The predicted molar refractivity (Wildman–Crippen MR) is 96.9 cm³/mol. The zero-order chi connectivity index (χ0) is 15.6. The first-order valence-corrected chi connectivity index (χ1v) is 8.51. The Kier molecular flexibility index (Phi) is 5.83. The molecule has 0 spiro atoms. The maximum Gasteiger partial charge on any atom is 0.133 e. The molecule has 0 radical (unpaired) electrons. The van der Waals surface area contributed by atoms with Gasteiger partial charge in [-0.2, -0.15) is 0 Å². The molecule has 6 heteroatoms. The van der Waals surface area contributed by atoms with E-state index in [1.54, 1.807) is 7.11 Å². The summed E-state index contributed by atoms with van der Waals surface area (Å²) in [5.41, 5.74) is 1.82. The lowest BCUT2D eigenvalue weighted by molar-refractivity contribution is 0.412. The Bertz CT molecular complexity index is 641. The van der Waals surface area contributed by atoms with E-state index in [9.17, 15) is 0 Å². The third-order valence-corrected chi connectivity index (χ3v) is 4.72. The van der Waals surface area contributed by atoms with Crippen molar-refractivity contribution in [1.82, 2.24) is 0 Å². The third-order valence-electron chi connectivity index (χ3n) is 3.04. The van der Waals surface area contributed by atoms with E-state index in [1.165, 1.54) is 0 Å². The van der Waals surface area contributed by atoms with Crippen LogP contribution in [0.1, 0.15) is 18.5 Å². The van der Waals surface area contributed by atoms with Crippen molar-refractivity contribution in [2.24, 2.45) is 0 Å². The Hall–Kier alpha value is -0.420. The second kappa shape index (κ2) is 7.23. The molecule has 0 aliphatic carbocycles. The van der Waals surface area contributed by atoms with Crippen molar-refractivity contribution >= 4 is 60.7 Å². The molecule has 1 N–H and O–H groups in total. The van der Waals surface area contributed by atoms with E-state index in [0.29, 0.717) is 10.0 Å². The summed E-state index contributed by atoms with van der Waals surface area (Å²) in [5, 5.41) is 4.50. The highest BCUT2D eigenvalue weighted by atomic mass is 79.9. The monoisotopic (exact) mass is 451 g/mol. The van der Waals surface area contributed by atoms with Crippen LogP contribution in [0.25, 0.3) is 0 Å². The summed E-state index contributed by atoms with van der Waals surface area (Å²) in [6.07, 6.45) is 0.